The number of hydrogen-bond acceptors (Lipinski definition) is 13. The molecule has 0 fully saturated rings. The smallest absolute Gasteiger partial charge is 0.428 e. The molecule has 4 rings (SSSR count). The predicted octanol–water partition coefficient (Wildman–Crippen LogP) is 8.21. The van der Waals surface area contributed by atoms with E-state index in [9.17, 15) is 36.5 Å². The molecule has 1 amide bonds. The van der Waals surface area contributed by atoms with Crippen molar-refractivity contribution in [2.45, 2.75) is 95.0 Å². The second kappa shape index (κ2) is 17.2. The average Bonchev–Trinajstić information content (AvgIpc) is 3.58. The van der Waals surface area contributed by atoms with Crippen LogP contribution in [-0.4, -0.2) is 65.1 Å². The molecule has 0 saturated carbocycles. The van der Waals surface area contributed by atoms with E-state index in [1.807, 2.05) is 0 Å². The van der Waals surface area contributed by atoms with Crippen molar-refractivity contribution < 1.29 is 67.3 Å². The van der Waals surface area contributed by atoms with Crippen LogP contribution in [0.5, 0.6) is 5.88 Å². The zero-order chi connectivity index (χ0) is 43.3. The number of nitrogens with zero attached hydrogens (tertiary/aromatic N) is 4. The number of carbonyl (C=O) groups is 1. The number of nitrogens with one attached hydrogen (secondary N) is 1. The summed E-state index contributed by atoms with van der Waals surface area (Å²) in [6.07, 6.45) is -11.3. The van der Waals surface area contributed by atoms with Gasteiger partial charge < -0.3 is 28.1 Å². The van der Waals surface area contributed by atoms with Gasteiger partial charge in [-0.1, -0.05) is 48.0 Å². The van der Waals surface area contributed by atoms with Crippen molar-refractivity contribution in [3.8, 4) is 17.5 Å². The molecule has 1 N–H and O–H groups in total. The Morgan fingerprint density at radius 1 is 0.948 bits per heavy atom. The second-order valence-electron chi connectivity index (χ2n) is 14.5. The largest absolute Gasteiger partial charge is 0.444 e. The standard InChI is InChI=1S/C36H39F6N5O10S/c1-22-13-15-24(16-14-22)58(51,52)57-28-25(35(37,38)39)19-26(47(49)50)27(43-28)29-45-46-30(55-29)34(36(40,41)42,54-20-23-11-8-7-9-12-23)21-53-18-10-17-33(5,6)44-31(48)56-32(2,3)4/h7-9,11-16,19H,10,17-18,20-21H2,1-6H3,(H,44,48). The summed E-state index contributed by atoms with van der Waals surface area (Å²) in [5.41, 5.74) is -9.19. The van der Waals surface area contributed by atoms with E-state index in [1.165, 1.54) is 36.4 Å². The van der Waals surface area contributed by atoms with Gasteiger partial charge in [0.2, 0.25) is 11.6 Å². The molecule has 2 aromatic carbocycles. The van der Waals surface area contributed by atoms with Gasteiger partial charge in [0.15, 0.2) is 0 Å². The zero-order valence-corrected chi connectivity index (χ0v) is 32.7. The van der Waals surface area contributed by atoms with Crippen molar-refractivity contribution in [3.63, 3.8) is 0 Å². The van der Waals surface area contributed by atoms with Crippen LogP contribution < -0.4 is 9.50 Å². The quantitative estimate of drug-likeness (QED) is 0.0373. The SMILES string of the molecule is Cc1ccc(S(=O)(=O)Oc2nc(-c3nnc(C(COCCCC(C)(C)NC(=O)OC(C)(C)C)(OCc4ccccc4)C(F)(F)F)o3)c([N+](=O)[O-])cc2C(F)(F)F)cc1. The van der Waals surface area contributed by atoms with Crippen molar-refractivity contribution in [2.24, 2.45) is 0 Å². The molecule has 0 bridgehead atoms. The van der Waals surface area contributed by atoms with Gasteiger partial charge >= 0.3 is 34.3 Å². The number of nitro groups is 1. The Kier molecular flexibility index (Phi) is 13.5. The first-order valence-electron chi connectivity index (χ1n) is 17.2. The molecule has 15 nitrogen and oxygen atoms in total. The van der Waals surface area contributed by atoms with E-state index in [4.69, 9.17) is 22.8 Å². The minimum absolute atomic E-state index is 0.0977. The number of aryl methyl sites for hydroxylation is 1. The molecule has 2 aromatic heterocycles. The number of alkyl halides is 6. The van der Waals surface area contributed by atoms with Crippen LogP contribution in [0.2, 0.25) is 0 Å². The van der Waals surface area contributed by atoms with Crippen LogP contribution in [0.4, 0.5) is 36.8 Å². The number of carbonyl (C=O) groups excluding carboxylic acids is 1. The van der Waals surface area contributed by atoms with Gasteiger partial charge in [0.05, 0.1) is 18.1 Å². The summed E-state index contributed by atoms with van der Waals surface area (Å²) in [5.74, 6) is -4.33. The van der Waals surface area contributed by atoms with Gasteiger partial charge in [0.1, 0.15) is 16.1 Å². The third kappa shape index (κ3) is 11.6. The summed E-state index contributed by atoms with van der Waals surface area (Å²) in [6, 6.07) is 12.1. The van der Waals surface area contributed by atoms with Gasteiger partial charge in [0.25, 0.3) is 17.4 Å². The van der Waals surface area contributed by atoms with Crippen LogP contribution >= 0.6 is 0 Å². The summed E-state index contributed by atoms with van der Waals surface area (Å²) < 4.78 is 140. The Bertz CT molecular complexity index is 2180. The monoisotopic (exact) mass is 847 g/mol. The second-order valence-corrected chi connectivity index (χ2v) is 16.0. The zero-order valence-electron chi connectivity index (χ0n) is 31.9. The molecular weight excluding hydrogens is 808 g/mol. The number of rotatable bonds is 16. The molecule has 0 aliphatic rings. The minimum Gasteiger partial charge on any atom is -0.444 e. The fraction of sp³-hybridized carbons (Fsp3) is 0.444. The number of pyridine rings is 1. The third-order valence-corrected chi connectivity index (χ3v) is 9.19. The van der Waals surface area contributed by atoms with Gasteiger partial charge in [-0.2, -0.15) is 39.7 Å². The lowest BCUT2D eigenvalue weighted by atomic mass is 9.99. The number of benzene rings is 2. The highest BCUT2D eigenvalue weighted by Gasteiger charge is 2.62. The average molecular weight is 848 g/mol. The van der Waals surface area contributed by atoms with Gasteiger partial charge in [-0.15, -0.1) is 10.2 Å². The highest BCUT2D eigenvalue weighted by Crippen LogP contribution is 2.45. The fourth-order valence-corrected chi connectivity index (χ4v) is 5.99. The molecular formula is C36H39F6N5O10S. The van der Waals surface area contributed by atoms with E-state index in [0.29, 0.717) is 5.56 Å². The van der Waals surface area contributed by atoms with Gasteiger partial charge in [-0.3, -0.25) is 10.1 Å². The Balaban J connectivity index is 1.73. The normalized spacial score (nSPS) is 13.8. The maximum absolute atomic E-state index is 15.3. The number of amides is 1. The minimum atomic E-state index is -5.48. The predicted molar refractivity (Wildman–Crippen MR) is 191 cm³/mol. The van der Waals surface area contributed by atoms with Crippen LogP contribution in [0.25, 0.3) is 11.6 Å². The first-order chi connectivity index (χ1) is 26.7. The lowest BCUT2D eigenvalue weighted by Gasteiger charge is -2.32. The number of ether oxygens (including phenoxy) is 3. The Morgan fingerprint density at radius 3 is 2.16 bits per heavy atom. The van der Waals surface area contributed by atoms with Crippen molar-refractivity contribution in [3.05, 3.63) is 93.4 Å². The van der Waals surface area contributed by atoms with Crippen molar-refractivity contribution in [2.75, 3.05) is 13.2 Å². The molecule has 58 heavy (non-hydrogen) atoms. The summed E-state index contributed by atoms with van der Waals surface area (Å²) in [5, 5.41) is 21.6. The van der Waals surface area contributed by atoms with Crippen LogP contribution in [-0.2, 0) is 42.7 Å². The van der Waals surface area contributed by atoms with E-state index < -0.39 is 103 Å². The molecule has 2 heterocycles. The molecule has 0 radical (unpaired) electrons. The molecule has 0 spiro atoms. The Morgan fingerprint density at radius 2 is 1.59 bits per heavy atom. The van der Waals surface area contributed by atoms with Crippen molar-refractivity contribution in [1.29, 1.82) is 0 Å². The molecule has 4 aromatic rings. The van der Waals surface area contributed by atoms with E-state index >= 15 is 13.2 Å². The van der Waals surface area contributed by atoms with Gasteiger partial charge in [0, 0.05) is 18.2 Å². The van der Waals surface area contributed by atoms with Crippen molar-refractivity contribution in [1.82, 2.24) is 20.5 Å². The number of alkyl carbamates (subject to hydrolysis) is 1. The van der Waals surface area contributed by atoms with E-state index in [0.717, 1.165) is 12.1 Å². The van der Waals surface area contributed by atoms with Gasteiger partial charge in [-0.05, 0) is 72.1 Å². The Labute approximate surface area is 328 Å². The van der Waals surface area contributed by atoms with E-state index in [-0.39, 0.29) is 31.1 Å². The summed E-state index contributed by atoms with van der Waals surface area (Å²) in [7, 11) is -5.07. The number of hydrogen-bond donors (Lipinski definition) is 1. The van der Waals surface area contributed by atoms with Gasteiger partial charge in [-0.25, -0.2) is 4.79 Å². The molecule has 1 unspecified atom stereocenters. The first-order valence-corrected chi connectivity index (χ1v) is 18.6. The van der Waals surface area contributed by atoms with Crippen molar-refractivity contribution >= 4 is 21.9 Å². The topological polar surface area (TPSA) is 195 Å². The first kappa shape index (κ1) is 45.4. The Hall–Kier alpha value is -5.35. The lowest BCUT2D eigenvalue weighted by molar-refractivity contribution is -0.384. The van der Waals surface area contributed by atoms with Crippen LogP contribution in [0.1, 0.15) is 70.0 Å². The maximum atomic E-state index is 15.3. The third-order valence-electron chi connectivity index (χ3n) is 7.96. The van der Waals surface area contributed by atoms with Crippen LogP contribution in [0.3, 0.4) is 0 Å². The summed E-state index contributed by atoms with van der Waals surface area (Å²) in [6.45, 7) is 7.52. The molecule has 316 valence electrons. The number of aromatic nitrogens is 3. The van der Waals surface area contributed by atoms with E-state index in [1.54, 1.807) is 47.6 Å². The molecule has 0 aliphatic carbocycles. The molecule has 22 heteroatoms. The maximum Gasteiger partial charge on any atom is 0.428 e. The molecule has 1 atom stereocenters. The molecule has 0 saturated heterocycles. The van der Waals surface area contributed by atoms with E-state index in [2.05, 4.69) is 20.5 Å². The van der Waals surface area contributed by atoms with Crippen LogP contribution in [0, 0.1) is 17.0 Å². The lowest BCUT2D eigenvalue weighted by Crippen LogP contribution is -2.49. The summed E-state index contributed by atoms with van der Waals surface area (Å²) in [4.78, 5) is 25.7. The fourth-order valence-electron chi connectivity index (χ4n) is 5.09. The highest BCUT2D eigenvalue weighted by atomic mass is 32.2. The highest BCUT2D eigenvalue weighted by molar-refractivity contribution is 7.87. The number of halogens is 6. The van der Waals surface area contributed by atoms with Crippen LogP contribution in [0.15, 0.2) is 70.0 Å². The molecule has 0 aliphatic heterocycles. The summed E-state index contributed by atoms with van der Waals surface area (Å²) >= 11 is 0.